The first-order valence-electron chi connectivity index (χ1n) is 8.79. The van der Waals surface area contributed by atoms with Gasteiger partial charge in [-0.05, 0) is 73.9 Å². The first kappa shape index (κ1) is 17.0. The molecule has 0 bridgehead atoms. The van der Waals surface area contributed by atoms with Crippen LogP contribution in [-0.4, -0.2) is 11.8 Å². The fraction of sp³-hybridized carbons (Fsp3) is 0.130. The molecule has 0 atom stereocenters. The smallest absolute Gasteiger partial charge is 0.266 e. The Morgan fingerprint density at radius 3 is 2.07 bits per heavy atom. The molecule has 0 radical (unpaired) electrons. The lowest BCUT2D eigenvalue weighted by Gasteiger charge is -2.16. The summed E-state index contributed by atoms with van der Waals surface area (Å²) in [6.07, 6.45) is 0. The molecule has 0 aliphatic carbocycles. The van der Waals surface area contributed by atoms with E-state index in [2.05, 4.69) is 0 Å². The van der Waals surface area contributed by atoms with E-state index in [1.54, 1.807) is 24.3 Å². The van der Waals surface area contributed by atoms with Gasteiger partial charge in [-0.2, -0.15) is 0 Å². The third-order valence-electron chi connectivity index (χ3n) is 4.93. The summed E-state index contributed by atoms with van der Waals surface area (Å²) in [5.41, 5.74) is 4.57. The van der Waals surface area contributed by atoms with Gasteiger partial charge in [0.1, 0.15) is 11.5 Å². The molecule has 0 aromatic heterocycles. The molecule has 2 amide bonds. The molecule has 1 heterocycles. The van der Waals surface area contributed by atoms with Gasteiger partial charge in [0.25, 0.3) is 11.8 Å². The van der Waals surface area contributed by atoms with Crippen molar-refractivity contribution in [1.82, 2.24) is 0 Å². The molecule has 0 saturated heterocycles. The van der Waals surface area contributed by atoms with E-state index in [1.165, 1.54) is 10.5 Å². The van der Waals surface area contributed by atoms with Crippen LogP contribution in [0, 0.1) is 20.8 Å². The summed E-state index contributed by atoms with van der Waals surface area (Å²) in [5, 5.41) is 0. The van der Waals surface area contributed by atoms with Gasteiger partial charge in [0.2, 0.25) is 0 Å². The van der Waals surface area contributed by atoms with E-state index in [0.717, 1.165) is 11.1 Å². The highest BCUT2D eigenvalue weighted by atomic mass is 16.5. The predicted octanol–water partition coefficient (Wildman–Crippen LogP) is 5.20. The number of carbonyl (C=O) groups excluding carboxylic acids is 2. The van der Waals surface area contributed by atoms with Gasteiger partial charge in [-0.25, -0.2) is 4.90 Å². The van der Waals surface area contributed by atoms with Crippen LogP contribution in [0.15, 0.2) is 60.7 Å². The van der Waals surface area contributed by atoms with Gasteiger partial charge in [0.05, 0.1) is 16.8 Å². The number of ether oxygens (including phenoxy) is 1. The van der Waals surface area contributed by atoms with Crippen molar-refractivity contribution in [3.8, 4) is 11.5 Å². The predicted molar refractivity (Wildman–Crippen MR) is 105 cm³/mol. The molecule has 3 aromatic rings. The maximum atomic E-state index is 12.9. The Morgan fingerprint density at radius 1 is 0.667 bits per heavy atom. The van der Waals surface area contributed by atoms with Crippen LogP contribution in [-0.2, 0) is 0 Å². The molecule has 0 spiro atoms. The number of benzene rings is 3. The molecule has 27 heavy (non-hydrogen) atoms. The minimum absolute atomic E-state index is 0.304. The Kier molecular flexibility index (Phi) is 4.04. The standard InChI is InChI=1S/C23H19NO3/c1-14-8-9-17(12-16(14)3)27-18-10-11-19-20(13-18)23(26)24(22(19)25)21-7-5-4-6-15(21)2/h4-13H,1-3H3. The van der Waals surface area contributed by atoms with E-state index in [4.69, 9.17) is 4.74 Å². The highest BCUT2D eigenvalue weighted by molar-refractivity contribution is 6.34. The highest BCUT2D eigenvalue weighted by Gasteiger charge is 2.37. The van der Waals surface area contributed by atoms with Gasteiger partial charge in [0, 0.05) is 0 Å². The lowest BCUT2D eigenvalue weighted by molar-refractivity contribution is 0.0926. The zero-order chi connectivity index (χ0) is 19.1. The maximum Gasteiger partial charge on any atom is 0.266 e. The molecule has 0 unspecified atom stereocenters. The van der Waals surface area contributed by atoms with Gasteiger partial charge in [-0.1, -0.05) is 24.3 Å². The fourth-order valence-corrected chi connectivity index (χ4v) is 3.23. The van der Waals surface area contributed by atoms with Crippen LogP contribution < -0.4 is 9.64 Å². The number of hydrogen-bond acceptors (Lipinski definition) is 3. The number of carbonyl (C=O) groups is 2. The van der Waals surface area contributed by atoms with Gasteiger partial charge in [0.15, 0.2) is 0 Å². The summed E-state index contributed by atoms with van der Waals surface area (Å²) in [6.45, 7) is 5.94. The molecular formula is C23H19NO3. The fourth-order valence-electron chi connectivity index (χ4n) is 3.23. The molecule has 134 valence electrons. The summed E-state index contributed by atoms with van der Waals surface area (Å²) in [4.78, 5) is 26.9. The van der Waals surface area contributed by atoms with E-state index in [9.17, 15) is 9.59 Å². The topological polar surface area (TPSA) is 46.6 Å². The van der Waals surface area contributed by atoms with Crippen LogP contribution in [0.1, 0.15) is 37.4 Å². The average molecular weight is 357 g/mol. The Balaban J connectivity index is 1.68. The number of para-hydroxylation sites is 1. The second-order valence-corrected chi connectivity index (χ2v) is 6.79. The molecule has 3 aromatic carbocycles. The van der Waals surface area contributed by atoms with Gasteiger partial charge < -0.3 is 4.74 Å². The number of amides is 2. The van der Waals surface area contributed by atoms with Crippen molar-refractivity contribution in [3.05, 3.63) is 88.5 Å². The normalized spacial score (nSPS) is 13.1. The van der Waals surface area contributed by atoms with Crippen molar-refractivity contribution in [3.63, 3.8) is 0 Å². The molecule has 0 N–H and O–H groups in total. The first-order chi connectivity index (χ1) is 13.0. The minimum atomic E-state index is -0.324. The first-order valence-corrected chi connectivity index (χ1v) is 8.79. The molecule has 4 heteroatoms. The van der Waals surface area contributed by atoms with Crippen LogP contribution in [0.3, 0.4) is 0 Å². The minimum Gasteiger partial charge on any atom is -0.457 e. The quantitative estimate of drug-likeness (QED) is 0.605. The van der Waals surface area contributed by atoms with Gasteiger partial charge in [-0.15, -0.1) is 0 Å². The number of rotatable bonds is 3. The SMILES string of the molecule is Cc1ccc(Oc2ccc3c(c2)C(=O)N(c2ccccc2C)C3=O)cc1C. The highest BCUT2D eigenvalue weighted by Crippen LogP contribution is 2.33. The van der Waals surface area contributed by atoms with Crippen LogP contribution >= 0.6 is 0 Å². The van der Waals surface area contributed by atoms with E-state index in [1.807, 2.05) is 57.2 Å². The summed E-state index contributed by atoms with van der Waals surface area (Å²) < 4.78 is 5.91. The number of fused-ring (bicyclic) bond motifs is 1. The zero-order valence-corrected chi connectivity index (χ0v) is 15.4. The van der Waals surface area contributed by atoms with E-state index < -0.39 is 0 Å². The summed E-state index contributed by atoms with van der Waals surface area (Å²) in [6, 6.07) is 18.2. The number of anilines is 1. The number of nitrogens with zero attached hydrogens (tertiary/aromatic N) is 1. The van der Waals surface area contributed by atoms with E-state index in [-0.39, 0.29) is 11.8 Å². The maximum absolute atomic E-state index is 12.9. The van der Waals surface area contributed by atoms with Crippen molar-refractivity contribution in [2.45, 2.75) is 20.8 Å². The van der Waals surface area contributed by atoms with E-state index >= 15 is 0 Å². The lowest BCUT2D eigenvalue weighted by atomic mass is 10.1. The van der Waals surface area contributed by atoms with Gasteiger partial charge >= 0.3 is 0 Å². The lowest BCUT2D eigenvalue weighted by Crippen LogP contribution is -2.29. The Bertz CT molecular complexity index is 1080. The van der Waals surface area contributed by atoms with Gasteiger partial charge in [-0.3, -0.25) is 9.59 Å². The van der Waals surface area contributed by atoms with Crippen molar-refractivity contribution < 1.29 is 14.3 Å². The molecule has 4 nitrogen and oxygen atoms in total. The largest absolute Gasteiger partial charge is 0.457 e. The number of hydrogen-bond donors (Lipinski definition) is 0. The summed E-state index contributed by atoms with van der Waals surface area (Å²) in [5.74, 6) is 0.604. The monoisotopic (exact) mass is 357 g/mol. The molecule has 0 fully saturated rings. The third-order valence-corrected chi connectivity index (χ3v) is 4.93. The molecule has 1 aliphatic heterocycles. The summed E-state index contributed by atoms with van der Waals surface area (Å²) >= 11 is 0. The van der Waals surface area contributed by atoms with Crippen LogP contribution in [0.2, 0.25) is 0 Å². The molecule has 1 aliphatic rings. The van der Waals surface area contributed by atoms with Crippen molar-refractivity contribution >= 4 is 17.5 Å². The second kappa shape index (κ2) is 6.40. The van der Waals surface area contributed by atoms with Crippen LogP contribution in [0.25, 0.3) is 0 Å². The zero-order valence-electron chi connectivity index (χ0n) is 15.4. The summed E-state index contributed by atoms with van der Waals surface area (Å²) in [7, 11) is 0. The van der Waals surface area contributed by atoms with Crippen LogP contribution in [0.5, 0.6) is 11.5 Å². The number of aryl methyl sites for hydroxylation is 3. The average Bonchev–Trinajstić information content (AvgIpc) is 2.89. The second-order valence-electron chi connectivity index (χ2n) is 6.79. The molecule has 4 rings (SSSR count). The van der Waals surface area contributed by atoms with E-state index in [0.29, 0.717) is 28.3 Å². The van der Waals surface area contributed by atoms with Crippen molar-refractivity contribution in [2.75, 3.05) is 4.90 Å². The molecular weight excluding hydrogens is 338 g/mol. The van der Waals surface area contributed by atoms with Crippen molar-refractivity contribution in [2.24, 2.45) is 0 Å². The third kappa shape index (κ3) is 2.89. The van der Waals surface area contributed by atoms with Crippen LogP contribution in [0.4, 0.5) is 5.69 Å². The Hall–Kier alpha value is -3.40. The Labute approximate surface area is 158 Å². The Morgan fingerprint density at radius 2 is 1.33 bits per heavy atom. The number of imide groups is 1. The molecule has 0 saturated carbocycles. The van der Waals surface area contributed by atoms with Crippen molar-refractivity contribution in [1.29, 1.82) is 0 Å².